The van der Waals surface area contributed by atoms with Crippen LogP contribution in [-0.2, 0) is 6.42 Å². The van der Waals surface area contributed by atoms with E-state index in [4.69, 9.17) is 11.6 Å². The molecule has 3 fully saturated rings. The maximum absolute atomic E-state index is 12.5. The molecule has 0 spiro atoms. The van der Waals surface area contributed by atoms with E-state index in [2.05, 4.69) is 27.7 Å². The lowest BCUT2D eigenvalue weighted by atomic mass is 9.89. The van der Waals surface area contributed by atoms with Gasteiger partial charge in [0.1, 0.15) is 0 Å². The zero-order valence-electron chi connectivity index (χ0n) is 17.5. The van der Waals surface area contributed by atoms with Crippen LogP contribution in [0.5, 0.6) is 0 Å². The number of hydrogen-bond acceptors (Lipinski definition) is 2. The smallest absolute Gasteiger partial charge is 0.315 e. The summed E-state index contributed by atoms with van der Waals surface area (Å²) in [5.41, 5.74) is 1.40. The highest BCUT2D eigenvalue weighted by Crippen LogP contribution is 2.30. The quantitative estimate of drug-likeness (QED) is 0.695. The van der Waals surface area contributed by atoms with E-state index < -0.39 is 0 Å². The Labute approximate surface area is 180 Å². The van der Waals surface area contributed by atoms with Crippen LogP contribution in [-0.4, -0.2) is 42.1 Å². The topological polar surface area (TPSA) is 44.4 Å². The van der Waals surface area contributed by atoms with E-state index in [0.717, 1.165) is 49.7 Å². The minimum atomic E-state index is 0.0615. The fourth-order valence-electron chi connectivity index (χ4n) is 5.63. The van der Waals surface area contributed by atoms with E-state index in [1.165, 1.54) is 50.5 Å². The Bertz CT molecular complexity index is 651. The largest absolute Gasteiger partial charge is 0.335 e. The lowest BCUT2D eigenvalue weighted by Gasteiger charge is -2.39. The average molecular weight is 418 g/mol. The van der Waals surface area contributed by atoms with Gasteiger partial charge in [0.15, 0.2) is 0 Å². The lowest BCUT2D eigenvalue weighted by Crippen LogP contribution is -2.54. The van der Waals surface area contributed by atoms with Crippen LogP contribution in [0, 0.1) is 5.92 Å². The maximum atomic E-state index is 12.5. The molecular weight excluding hydrogens is 382 g/mol. The molecule has 0 bridgehead atoms. The highest BCUT2D eigenvalue weighted by atomic mass is 35.5. The number of carbonyl (C=O) groups excluding carboxylic acids is 1. The summed E-state index contributed by atoms with van der Waals surface area (Å²) in [6.45, 7) is 2.32. The lowest BCUT2D eigenvalue weighted by molar-refractivity contribution is 0.118. The summed E-state index contributed by atoms with van der Waals surface area (Å²) in [6.07, 6.45) is 13.3. The van der Waals surface area contributed by atoms with Gasteiger partial charge in [0.2, 0.25) is 0 Å². The normalized spacial score (nSPS) is 27.1. The highest BCUT2D eigenvalue weighted by molar-refractivity contribution is 6.30. The molecule has 2 N–H and O–H groups in total. The SMILES string of the molecule is O=C(NC1CCCCC1)NC1CCCC1N1CCC(Cc2ccc(Cl)cc2)CC1. The van der Waals surface area contributed by atoms with Gasteiger partial charge in [-0.25, -0.2) is 4.79 Å². The van der Waals surface area contributed by atoms with Gasteiger partial charge in [0.05, 0.1) is 0 Å². The van der Waals surface area contributed by atoms with Crippen molar-refractivity contribution >= 4 is 17.6 Å². The van der Waals surface area contributed by atoms with Crippen molar-refractivity contribution in [2.24, 2.45) is 5.92 Å². The molecule has 2 amide bonds. The summed E-state index contributed by atoms with van der Waals surface area (Å²) in [7, 11) is 0. The van der Waals surface area contributed by atoms with Gasteiger partial charge < -0.3 is 10.6 Å². The van der Waals surface area contributed by atoms with Gasteiger partial charge in [-0.1, -0.05) is 43.0 Å². The molecule has 1 aliphatic heterocycles. The second kappa shape index (κ2) is 10.2. The van der Waals surface area contributed by atoms with Crippen molar-refractivity contribution in [1.29, 1.82) is 0 Å². The van der Waals surface area contributed by atoms with Crippen LogP contribution in [0.3, 0.4) is 0 Å². The molecular formula is C24H36ClN3O. The van der Waals surface area contributed by atoms with Gasteiger partial charge in [-0.15, -0.1) is 0 Å². The van der Waals surface area contributed by atoms with Crippen LogP contribution in [0.2, 0.25) is 5.02 Å². The van der Waals surface area contributed by atoms with Crippen LogP contribution in [0.1, 0.15) is 69.8 Å². The van der Waals surface area contributed by atoms with Gasteiger partial charge in [0, 0.05) is 23.1 Å². The Morgan fingerprint density at radius 2 is 1.62 bits per heavy atom. The second-order valence-electron chi connectivity index (χ2n) is 9.37. The Kier molecular flexibility index (Phi) is 7.36. The Morgan fingerprint density at radius 1 is 0.897 bits per heavy atom. The zero-order chi connectivity index (χ0) is 20.1. The first kappa shape index (κ1) is 21.0. The van der Waals surface area contributed by atoms with E-state index in [9.17, 15) is 4.79 Å². The van der Waals surface area contributed by atoms with Crippen molar-refractivity contribution in [2.75, 3.05) is 13.1 Å². The highest BCUT2D eigenvalue weighted by Gasteiger charge is 2.35. The number of hydrogen-bond donors (Lipinski definition) is 2. The number of piperidine rings is 1. The molecule has 4 nitrogen and oxygen atoms in total. The third-order valence-corrected chi connectivity index (χ3v) is 7.54. The fourth-order valence-corrected chi connectivity index (χ4v) is 5.76. The zero-order valence-corrected chi connectivity index (χ0v) is 18.3. The van der Waals surface area contributed by atoms with E-state index in [0.29, 0.717) is 18.1 Å². The van der Waals surface area contributed by atoms with Crippen molar-refractivity contribution in [3.8, 4) is 0 Å². The molecule has 1 aromatic carbocycles. The molecule has 1 heterocycles. The molecule has 3 aliphatic rings. The molecule has 2 saturated carbocycles. The van der Waals surface area contributed by atoms with Crippen molar-refractivity contribution in [3.63, 3.8) is 0 Å². The first-order chi connectivity index (χ1) is 14.2. The molecule has 2 aliphatic carbocycles. The first-order valence-corrected chi connectivity index (χ1v) is 12.1. The number of nitrogens with one attached hydrogen (secondary N) is 2. The van der Waals surface area contributed by atoms with Gasteiger partial charge in [-0.3, -0.25) is 4.90 Å². The summed E-state index contributed by atoms with van der Waals surface area (Å²) < 4.78 is 0. The Morgan fingerprint density at radius 3 is 2.34 bits per heavy atom. The molecule has 29 heavy (non-hydrogen) atoms. The summed E-state index contributed by atoms with van der Waals surface area (Å²) >= 11 is 6.01. The number of likely N-dealkylation sites (tertiary alicyclic amines) is 1. The van der Waals surface area contributed by atoms with Crippen molar-refractivity contribution in [2.45, 2.75) is 88.8 Å². The number of nitrogens with zero attached hydrogens (tertiary/aromatic N) is 1. The van der Waals surface area contributed by atoms with Gasteiger partial charge in [-0.2, -0.15) is 0 Å². The van der Waals surface area contributed by atoms with Crippen LogP contribution < -0.4 is 10.6 Å². The summed E-state index contributed by atoms with van der Waals surface area (Å²) in [4.78, 5) is 15.2. The standard InChI is InChI=1S/C24H36ClN3O/c25-20-11-9-18(10-12-20)17-19-13-15-28(16-14-19)23-8-4-7-22(23)27-24(29)26-21-5-2-1-3-6-21/h9-12,19,21-23H,1-8,13-17H2,(H2,26,27,29). The molecule has 5 heteroatoms. The minimum absolute atomic E-state index is 0.0615. The Balaban J connectivity index is 1.23. The van der Waals surface area contributed by atoms with Gasteiger partial charge in [0.25, 0.3) is 0 Å². The van der Waals surface area contributed by atoms with Crippen LogP contribution >= 0.6 is 11.6 Å². The van der Waals surface area contributed by atoms with Gasteiger partial charge in [-0.05, 0) is 88.1 Å². The second-order valence-corrected chi connectivity index (χ2v) is 9.80. The number of benzene rings is 1. The first-order valence-electron chi connectivity index (χ1n) is 11.7. The van der Waals surface area contributed by atoms with Crippen LogP contribution in [0.15, 0.2) is 24.3 Å². The molecule has 0 radical (unpaired) electrons. The number of rotatable bonds is 5. The van der Waals surface area contributed by atoms with E-state index >= 15 is 0 Å². The number of carbonyl (C=O) groups is 1. The van der Waals surface area contributed by atoms with Gasteiger partial charge >= 0.3 is 6.03 Å². The van der Waals surface area contributed by atoms with E-state index in [1.54, 1.807) is 0 Å². The van der Waals surface area contributed by atoms with Crippen molar-refractivity contribution < 1.29 is 4.79 Å². The molecule has 1 aromatic rings. The molecule has 0 aromatic heterocycles. The van der Waals surface area contributed by atoms with Crippen molar-refractivity contribution in [3.05, 3.63) is 34.9 Å². The monoisotopic (exact) mass is 417 g/mol. The number of urea groups is 1. The predicted molar refractivity (Wildman–Crippen MR) is 119 cm³/mol. The van der Waals surface area contributed by atoms with E-state index in [-0.39, 0.29) is 6.03 Å². The number of amides is 2. The summed E-state index contributed by atoms with van der Waals surface area (Å²) in [5.74, 6) is 0.759. The summed E-state index contributed by atoms with van der Waals surface area (Å²) in [5, 5.41) is 7.37. The molecule has 4 rings (SSSR count). The molecule has 2 atom stereocenters. The van der Waals surface area contributed by atoms with Crippen molar-refractivity contribution in [1.82, 2.24) is 15.5 Å². The average Bonchev–Trinajstić information content (AvgIpc) is 3.19. The van der Waals surface area contributed by atoms with E-state index in [1.807, 2.05) is 12.1 Å². The summed E-state index contributed by atoms with van der Waals surface area (Å²) in [6, 6.07) is 9.60. The molecule has 2 unspecified atom stereocenters. The molecule has 160 valence electrons. The predicted octanol–water partition coefficient (Wildman–Crippen LogP) is 5.15. The Hall–Kier alpha value is -1.26. The third-order valence-electron chi connectivity index (χ3n) is 7.29. The number of halogens is 1. The maximum Gasteiger partial charge on any atom is 0.315 e. The van der Waals surface area contributed by atoms with Crippen LogP contribution in [0.4, 0.5) is 4.79 Å². The molecule has 1 saturated heterocycles. The third kappa shape index (κ3) is 5.88. The van der Waals surface area contributed by atoms with Crippen LogP contribution in [0.25, 0.3) is 0 Å². The fraction of sp³-hybridized carbons (Fsp3) is 0.708. The minimum Gasteiger partial charge on any atom is -0.335 e.